The lowest BCUT2D eigenvalue weighted by atomic mass is 9.50. The van der Waals surface area contributed by atoms with E-state index in [1.807, 2.05) is 6.92 Å². The van der Waals surface area contributed by atoms with Crippen LogP contribution < -0.4 is 0 Å². The van der Waals surface area contributed by atoms with Crippen LogP contribution in [0.3, 0.4) is 0 Å². The fraction of sp³-hybridized carbons (Fsp3) is 0.900. The highest BCUT2D eigenvalue weighted by atomic mass is 32.2. The minimum Gasteiger partial charge on any atom is -0.299 e. The fourth-order valence-corrected chi connectivity index (χ4v) is 6.30. The van der Waals surface area contributed by atoms with E-state index in [-0.39, 0.29) is 17.1 Å². The van der Waals surface area contributed by atoms with Crippen molar-refractivity contribution in [1.82, 2.24) is 0 Å². The lowest BCUT2D eigenvalue weighted by Crippen LogP contribution is -2.54. The average molecular weight is 214 g/mol. The molecule has 3 fully saturated rings. The summed E-state index contributed by atoms with van der Waals surface area (Å²) in [6.45, 7) is 1.98. The minimum atomic E-state index is -2.84. The number of rotatable bonds is 0. The molecule has 0 radical (unpaired) electrons. The quantitative estimate of drug-likeness (QED) is 0.595. The van der Waals surface area contributed by atoms with E-state index in [9.17, 15) is 13.2 Å². The number of Topliss-reactive ketones (excluding diaryl/α,β-unsaturated/α-hetero) is 1. The van der Waals surface area contributed by atoms with E-state index in [1.54, 1.807) is 0 Å². The van der Waals surface area contributed by atoms with Gasteiger partial charge in [0.15, 0.2) is 9.84 Å². The van der Waals surface area contributed by atoms with Gasteiger partial charge in [0.1, 0.15) is 5.78 Å². The average Bonchev–Trinajstić information content (AvgIpc) is 2.51. The topological polar surface area (TPSA) is 51.2 Å². The Balaban J connectivity index is 2.01. The smallest absolute Gasteiger partial charge is 0.150 e. The molecule has 2 aliphatic carbocycles. The Hall–Kier alpha value is -0.380. The van der Waals surface area contributed by atoms with Crippen molar-refractivity contribution in [1.29, 1.82) is 0 Å². The normalized spacial score (nSPS) is 53.8. The second-order valence-corrected chi connectivity index (χ2v) is 7.35. The van der Waals surface area contributed by atoms with Gasteiger partial charge in [-0.2, -0.15) is 0 Å². The Morgan fingerprint density at radius 1 is 1.29 bits per heavy atom. The molecule has 1 aliphatic heterocycles. The first-order valence-corrected chi connectivity index (χ1v) is 7.01. The van der Waals surface area contributed by atoms with Crippen LogP contribution in [0.1, 0.15) is 19.8 Å². The molecule has 3 nitrogen and oxygen atoms in total. The Kier molecular flexibility index (Phi) is 1.42. The van der Waals surface area contributed by atoms with E-state index >= 15 is 0 Å². The van der Waals surface area contributed by atoms with Crippen molar-refractivity contribution < 1.29 is 13.2 Å². The van der Waals surface area contributed by atoms with E-state index in [0.29, 0.717) is 29.8 Å². The summed E-state index contributed by atoms with van der Waals surface area (Å²) in [6.07, 6.45) is 1.60. The second-order valence-electron chi connectivity index (χ2n) is 5.20. The van der Waals surface area contributed by atoms with Gasteiger partial charge in [-0.15, -0.1) is 0 Å². The molecule has 4 atom stereocenters. The van der Waals surface area contributed by atoms with Gasteiger partial charge in [0.25, 0.3) is 0 Å². The van der Waals surface area contributed by atoms with Crippen molar-refractivity contribution in [2.75, 3.05) is 11.5 Å². The zero-order valence-corrected chi connectivity index (χ0v) is 9.01. The summed E-state index contributed by atoms with van der Waals surface area (Å²) in [4.78, 5) is 11.7. The van der Waals surface area contributed by atoms with E-state index < -0.39 is 9.84 Å². The van der Waals surface area contributed by atoms with Crippen molar-refractivity contribution in [3.05, 3.63) is 0 Å². The summed E-state index contributed by atoms with van der Waals surface area (Å²) < 4.78 is 22.9. The molecule has 0 aromatic heterocycles. The van der Waals surface area contributed by atoms with Gasteiger partial charge in [-0.3, -0.25) is 4.79 Å². The van der Waals surface area contributed by atoms with Gasteiger partial charge in [0.2, 0.25) is 0 Å². The fourth-order valence-electron chi connectivity index (χ4n) is 3.97. The molecule has 0 aromatic rings. The number of carbonyl (C=O) groups excluding carboxylic acids is 1. The summed E-state index contributed by atoms with van der Waals surface area (Å²) in [5, 5.41) is 0. The predicted octanol–water partition coefficient (Wildman–Crippen LogP) is 0.646. The van der Waals surface area contributed by atoms with E-state index in [0.717, 1.165) is 6.42 Å². The summed E-state index contributed by atoms with van der Waals surface area (Å²) >= 11 is 0. The van der Waals surface area contributed by atoms with Crippen molar-refractivity contribution in [2.24, 2.45) is 23.2 Å². The number of ketones is 1. The van der Waals surface area contributed by atoms with E-state index in [1.165, 1.54) is 0 Å². The Morgan fingerprint density at radius 2 is 2.00 bits per heavy atom. The molecule has 0 aromatic carbocycles. The third-order valence-electron chi connectivity index (χ3n) is 4.74. The van der Waals surface area contributed by atoms with E-state index in [4.69, 9.17) is 0 Å². The number of hydrogen-bond donors (Lipinski definition) is 0. The van der Waals surface area contributed by atoms with Gasteiger partial charge in [0.05, 0.1) is 11.5 Å². The predicted molar refractivity (Wildman–Crippen MR) is 51.5 cm³/mol. The SMILES string of the molecule is C[C@]12C(=O)CC[C@H]1[C@@H]1CS(=O)(=O)C[C@@H]12. The zero-order valence-electron chi connectivity index (χ0n) is 8.19. The Bertz CT molecular complexity index is 411. The first kappa shape index (κ1) is 8.89. The van der Waals surface area contributed by atoms with Gasteiger partial charge < -0.3 is 0 Å². The largest absolute Gasteiger partial charge is 0.299 e. The zero-order chi connectivity index (χ0) is 10.1. The summed E-state index contributed by atoms with van der Waals surface area (Å²) in [5.74, 6) is 1.73. The molecule has 78 valence electrons. The first-order valence-electron chi connectivity index (χ1n) is 5.19. The number of hydrogen-bond acceptors (Lipinski definition) is 3. The van der Waals surface area contributed by atoms with Crippen LogP contribution in [0.2, 0.25) is 0 Å². The standard InChI is InChI=1S/C10H14O3S/c1-10-7(2-3-9(10)11)6-4-14(12,13)5-8(6)10/h6-8H,2-5H2,1H3/t6-,7-,8-,10-/m0/s1. The highest BCUT2D eigenvalue weighted by molar-refractivity contribution is 7.91. The molecular weight excluding hydrogens is 200 g/mol. The van der Waals surface area contributed by atoms with Crippen LogP contribution in [-0.2, 0) is 14.6 Å². The lowest BCUT2D eigenvalue weighted by Gasteiger charge is -2.52. The van der Waals surface area contributed by atoms with Crippen LogP contribution in [0, 0.1) is 23.2 Å². The van der Waals surface area contributed by atoms with Crippen LogP contribution in [0.4, 0.5) is 0 Å². The third-order valence-corrected chi connectivity index (χ3v) is 6.50. The molecule has 3 aliphatic rings. The molecule has 14 heavy (non-hydrogen) atoms. The van der Waals surface area contributed by atoms with Gasteiger partial charge >= 0.3 is 0 Å². The van der Waals surface area contributed by atoms with Crippen molar-refractivity contribution in [2.45, 2.75) is 19.8 Å². The minimum absolute atomic E-state index is 0.146. The Morgan fingerprint density at radius 3 is 2.71 bits per heavy atom. The van der Waals surface area contributed by atoms with Crippen molar-refractivity contribution in [3.8, 4) is 0 Å². The molecule has 0 bridgehead atoms. The summed E-state index contributed by atoms with van der Waals surface area (Å²) in [7, 11) is -2.84. The van der Waals surface area contributed by atoms with Gasteiger partial charge in [-0.1, -0.05) is 6.92 Å². The maximum Gasteiger partial charge on any atom is 0.150 e. The lowest BCUT2D eigenvalue weighted by molar-refractivity contribution is -0.142. The van der Waals surface area contributed by atoms with Crippen LogP contribution in [0.25, 0.3) is 0 Å². The van der Waals surface area contributed by atoms with Crippen molar-refractivity contribution in [3.63, 3.8) is 0 Å². The van der Waals surface area contributed by atoms with Crippen LogP contribution in [0.5, 0.6) is 0 Å². The highest BCUT2D eigenvalue weighted by Crippen LogP contribution is 2.65. The molecule has 1 heterocycles. The molecule has 0 unspecified atom stereocenters. The van der Waals surface area contributed by atoms with Crippen LogP contribution >= 0.6 is 0 Å². The molecule has 0 amide bonds. The summed E-state index contributed by atoms with van der Waals surface area (Å²) in [6, 6.07) is 0. The molecular formula is C10H14O3S. The maximum atomic E-state index is 11.7. The molecule has 0 spiro atoms. The third kappa shape index (κ3) is 0.794. The second kappa shape index (κ2) is 2.23. The monoisotopic (exact) mass is 214 g/mol. The highest BCUT2D eigenvalue weighted by Gasteiger charge is 2.68. The van der Waals surface area contributed by atoms with Crippen molar-refractivity contribution >= 4 is 15.6 Å². The molecule has 3 rings (SSSR count). The molecule has 2 saturated carbocycles. The molecule has 4 heteroatoms. The van der Waals surface area contributed by atoms with Gasteiger partial charge in [0, 0.05) is 11.8 Å². The Labute approximate surface area is 83.8 Å². The molecule has 1 saturated heterocycles. The van der Waals surface area contributed by atoms with Crippen LogP contribution in [0.15, 0.2) is 0 Å². The number of fused-ring (bicyclic) bond motifs is 4. The number of carbonyl (C=O) groups is 1. The molecule has 0 N–H and O–H groups in total. The van der Waals surface area contributed by atoms with E-state index in [2.05, 4.69) is 0 Å². The van der Waals surface area contributed by atoms with Gasteiger partial charge in [-0.05, 0) is 24.2 Å². The van der Waals surface area contributed by atoms with Gasteiger partial charge in [-0.25, -0.2) is 8.42 Å². The van der Waals surface area contributed by atoms with Crippen LogP contribution in [-0.4, -0.2) is 25.7 Å². The maximum absolute atomic E-state index is 11.7. The first-order chi connectivity index (χ1) is 6.45. The number of sulfone groups is 1. The summed E-state index contributed by atoms with van der Waals surface area (Å²) in [5.41, 5.74) is -0.270.